The highest BCUT2D eigenvalue weighted by molar-refractivity contribution is 6.66. The molecular formula is C20H31ClO. The molecule has 0 aliphatic carbocycles. The van der Waals surface area contributed by atoms with Crippen LogP contribution in [0.2, 0.25) is 0 Å². The van der Waals surface area contributed by atoms with Crippen LogP contribution in [0.3, 0.4) is 0 Å². The average Bonchev–Trinajstić information content (AvgIpc) is 2.41. The maximum Gasteiger partial charge on any atom is 0.245 e. The number of halogens is 1. The third-order valence-electron chi connectivity index (χ3n) is 3.66. The van der Waals surface area contributed by atoms with Gasteiger partial charge in [-0.05, 0) is 55.2 Å². The van der Waals surface area contributed by atoms with Gasteiger partial charge < -0.3 is 0 Å². The van der Waals surface area contributed by atoms with Gasteiger partial charge in [0.1, 0.15) is 0 Å². The van der Waals surface area contributed by atoms with Crippen molar-refractivity contribution < 1.29 is 4.79 Å². The van der Waals surface area contributed by atoms with Gasteiger partial charge in [-0.15, -0.1) is 0 Å². The summed E-state index contributed by atoms with van der Waals surface area (Å²) in [7, 11) is 0. The molecule has 0 aromatic rings. The van der Waals surface area contributed by atoms with E-state index in [0.717, 1.165) is 0 Å². The number of hydrogen-bond donors (Lipinski definition) is 0. The predicted octanol–water partition coefficient (Wildman–Crippen LogP) is 6.47. The summed E-state index contributed by atoms with van der Waals surface area (Å²) in [6.07, 6.45) is 16.9. The Hall–Kier alpha value is -1.08. The van der Waals surface area contributed by atoms with Gasteiger partial charge in [-0.1, -0.05) is 76.1 Å². The van der Waals surface area contributed by atoms with Gasteiger partial charge in [0.25, 0.3) is 0 Å². The maximum atomic E-state index is 10.5. The molecule has 0 radical (unpaired) electrons. The summed E-state index contributed by atoms with van der Waals surface area (Å²) in [6, 6.07) is 0. The fraction of sp³-hybridized carbons (Fsp3) is 0.550. The molecule has 22 heavy (non-hydrogen) atoms. The van der Waals surface area contributed by atoms with Crippen molar-refractivity contribution in [3.63, 3.8) is 0 Å². The minimum absolute atomic E-state index is 0.448. The van der Waals surface area contributed by atoms with E-state index < -0.39 is 5.24 Å². The first-order valence-corrected chi connectivity index (χ1v) is 8.61. The second-order valence-corrected chi connectivity index (χ2v) is 6.73. The molecule has 0 aliphatic rings. The minimum atomic E-state index is -0.448. The molecule has 0 spiro atoms. The topological polar surface area (TPSA) is 17.1 Å². The quantitative estimate of drug-likeness (QED) is 0.195. The monoisotopic (exact) mass is 322 g/mol. The lowest BCUT2D eigenvalue weighted by Crippen LogP contribution is -2.02. The number of rotatable bonds is 10. The molecule has 0 bridgehead atoms. The van der Waals surface area contributed by atoms with Crippen LogP contribution in [0.5, 0.6) is 0 Å². The predicted molar refractivity (Wildman–Crippen MR) is 99.1 cm³/mol. The van der Waals surface area contributed by atoms with Gasteiger partial charge in [0.15, 0.2) is 0 Å². The Labute approximate surface area is 141 Å². The smallest absolute Gasteiger partial charge is 0.245 e. The second-order valence-electron chi connectivity index (χ2n) is 6.35. The molecule has 0 aromatic carbocycles. The standard InChI is InChI=1S/C20H31ClO/c1-6-16(2)13-18(4)15-19(5)14-17(3)11-9-7-8-10-12-20(21)22/h7-13,16-17,19H,6,14-15H2,1-5H3/b8-7+,11-9+,12-10+,18-13+/t16-,17+,19+/m1/s1. The Morgan fingerprint density at radius 3 is 2.27 bits per heavy atom. The minimum Gasteiger partial charge on any atom is -0.276 e. The van der Waals surface area contributed by atoms with Gasteiger partial charge in [-0.3, -0.25) is 4.79 Å². The molecule has 0 amide bonds. The molecule has 0 aliphatic heterocycles. The van der Waals surface area contributed by atoms with E-state index in [9.17, 15) is 4.79 Å². The van der Waals surface area contributed by atoms with Gasteiger partial charge in [0.05, 0.1) is 0 Å². The van der Waals surface area contributed by atoms with Crippen LogP contribution in [-0.4, -0.2) is 5.24 Å². The molecule has 0 rings (SSSR count). The number of hydrogen-bond acceptors (Lipinski definition) is 1. The van der Waals surface area contributed by atoms with Crippen LogP contribution in [0.4, 0.5) is 0 Å². The van der Waals surface area contributed by atoms with E-state index in [0.29, 0.717) is 17.8 Å². The lowest BCUT2D eigenvalue weighted by molar-refractivity contribution is -0.107. The van der Waals surface area contributed by atoms with Crippen LogP contribution >= 0.6 is 11.6 Å². The Morgan fingerprint density at radius 2 is 1.68 bits per heavy atom. The Bertz CT molecular complexity index is 429. The first-order valence-electron chi connectivity index (χ1n) is 8.23. The van der Waals surface area contributed by atoms with Gasteiger partial charge in [0, 0.05) is 0 Å². The maximum absolute atomic E-state index is 10.5. The SMILES string of the molecule is CC[C@@H](C)/C=C(\C)C[C@@H](C)C[C@@H](C)/C=C/C=C/C=C/C(=O)Cl. The summed E-state index contributed by atoms with van der Waals surface area (Å²) in [6.45, 7) is 11.3. The molecule has 0 fully saturated rings. The van der Waals surface area contributed by atoms with E-state index in [-0.39, 0.29) is 0 Å². The summed E-state index contributed by atoms with van der Waals surface area (Å²) in [5.74, 6) is 1.93. The van der Waals surface area contributed by atoms with Crippen molar-refractivity contribution in [1.29, 1.82) is 0 Å². The molecule has 0 N–H and O–H groups in total. The van der Waals surface area contributed by atoms with Crippen LogP contribution in [-0.2, 0) is 4.79 Å². The van der Waals surface area contributed by atoms with Crippen molar-refractivity contribution in [3.8, 4) is 0 Å². The Kier molecular flexibility index (Phi) is 11.9. The van der Waals surface area contributed by atoms with Crippen molar-refractivity contribution in [1.82, 2.24) is 0 Å². The Morgan fingerprint density at radius 1 is 1.05 bits per heavy atom. The van der Waals surface area contributed by atoms with Gasteiger partial charge in [0.2, 0.25) is 5.24 Å². The largest absolute Gasteiger partial charge is 0.276 e. The highest BCUT2D eigenvalue weighted by atomic mass is 35.5. The van der Waals surface area contributed by atoms with Crippen molar-refractivity contribution >= 4 is 16.8 Å². The third kappa shape index (κ3) is 12.6. The van der Waals surface area contributed by atoms with E-state index in [4.69, 9.17) is 11.6 Å². The van der Waals surface area contributed by atoms with Crippen molar-refractivity contribution in [3.05, 3.63) is 48.1 Å². The molecule has 0 aromatic heterocycles. The molecule has 3 atom stereocenters. The fourth-order valence-corrected chi connectivity index (χ4v) is 2.60. The highest BCUT2D eigenvalue weighted by Gasteiger charge is 2.07. The van der Waals surface area contributed by atoms with Crippen LogP contribution in [0, 0.1) is 17.8 Å². The van der Waals surface area contributed by atoms with Crippen LogP contribution in [0.15, 0.2) is 48.1 Å². The van der Waals surface area contributed by atoms with Gasteiger partial charge >= 0.3 is 0 Å². The summed E-state index contributed by atoms with van der Waals surface area (Å²) < 4.78 is 0. The molecule has 1 nitrogen and oxygen atoms in total. The average molecular weight is 323 g/mol. The van der Waals surface area contributed by atoms with Crippen molar-refractivity contribution in [2.45, 2.75) is 53.9 Å². The molecule has 0 saturated carbocycles. The van der Waals surface area contributed by atoms with E-state index in [1.807, 2.05) is 18.2 Å². The summed E-state index contributed by atoms with van der Waals surface area (Å²) >= 11 is 5.20. The molecule has 124 valence electrons. The molecule has 0 heterocycles. The number of carbonyl (C=O) groups excluding carboxylic acids is 1. The van der Waals surface area contributed by atoms with Crippen molar-refractivity contribution in [2.24, 2.45) is 17.8 Å². The van der Waals surface area contributed by atoms with Crippen LogP contribution < -0.4 is 0 Å². The zero-order chi connectivity index (χ0) is 17.0. The Balaban J connectivity index is 4.17. The lowest BCUT2D eigenvalue weighted by Gasteiger charge is -2.15. The van der Waals surface area contributed by atoms with Crippen LogP contribution in [0.25, 0.3) is 0 Å². The van der Waals surface area contributed by atoms with Crippen molar-refractivity contribution in [2.75, 3.05) is 0 Å². The lowest BCUT2D eigenvalue weighted by atomic mass is 9.90. The summed E-state index contributed by atoms with van der Waals surface area (Å²) in [5, 5.41) is -0.448. The first kappa shape index (κ1) is 20.9. The second kappa shape index (κ2) is 12.5. The summed E-state index contributed by atoms with van der Waals surface area (Å²) in [5.41, 5.74) is 1.51. The van der Waals surface area contributed by atoms with E-state index in [1.54, 1.807) is 6.08 Å². The van der Waals surface area contributed by atoms with Gasteiger partial charge in [-0.2, -0.15) is 0 Å². The number of carbonyl (C=O) groups is 1. The zero-order valence-corrected chi connectivity index (χ0v) is 15.4. The molecular weight excluding hydrogens is 292 g/mol. The zero-order valence-electron chi connectivity index (χ0n) is 14.7. The molecule has 2 heteroatoms. The van der Waals surface area contributed by atoms with E-state index in [1.165, 1.54) is 30.9 Å². The first-order chi connectivity index (χ1) is 10.3. The third-order valence-corrected chi connectivity index (χ3v) is 3.78. The van der Waals surface area contributed by atoms with Gasteiger partial charge in [-0.25, -0.2) is 0 Å². The number of allylic oxidation sites excluding steroid dienone is 8. The normalized spacial score (nSPS) is 17.5. The summed E-state index contributed by atoms with van der Waals surface area (Å²) in [4.78, 5) is 10.5. The fourth-order valence-electron chi connectivity index (χ4n) is 2.53. The van der Waals surface area contributed by atoms with E-state index >= 15 is 0 Å². The highest BCUT2D eigenvalue weighted by Crippen LogP contribution is 2.21. The molecule has 0 unspecified atom stereocenters. The van der Waals surface area contributed by atoms with E-state index in [2.05, 4.69) is 46.8 Å². The van der Waals surface area contributed by atoms with Crippen LogP contribution in [0.1, 0.15) is 53.9 Å². The molecule has 0 saturated heterocycles.